The maximum atomic E-state index is 12.6. The van der Waals surface area contributed by atoms with Crippen LogP contribution in [-0.4, -0.2) is 53.9 Å². The zero-order valence-corrected chi connectivity index (χ0v) is 16.1. The number of hydrogen-bond acceptors (Lipinski definition) is 5. The van der Waals surface area contributed by atoms with Crippen molar-refractivity contribution in [1.82, 2.24) is 15.5 Å². The van der Waals surface area contributed by atoms with Crippen LogP contribution in [0, 0.1) is 5.92 Å². The Bertz CT molecular complexity index is 452. The van der Waals surface area contributed by atoms with Crippen molar-refractivity contribution in [1.29, 1.82) is 0 Å². The van der Waals surface area contributed by atoms with Gasteiger partial charge in [0.1, 0.15) is 12.1 Å². The van der Waals surface area contributed by atoms with Crippen LogP contribution in [0.4, 0.5) is 0 Å². The second kappa shape index (κ2) is 9.01. The predicted molar refractivity (Wildman–Crippen MR) is 77.5 cm³/mol. The molecule has 0 bridgehead atoms. The van der Waals surface area contributed by atoms with Gasteiger partial charge in [-0.15, -0.1) is 0 Å². The van der Waals surface area contributed by atoms with Crippen LogP contribution in [0.5, 0.6) is 0 Å². The molecule has 0 aliphatic carbocycles. The van der Waals surface area contributed by atoms with E-state index in [1.165, 1.54) is 0 Å². The summed E-state index contributed by atoms with van der Waals surface area (Å²) >= 11 is 0. The molecule has 2 fully saturated rings. The molecule has 3 atom stereocenters. The van der Waals surface area contributed by atoms with Crippen LogP contribution in [0.15, 0.2) is 0 Å². The van der Waals surface area contributed by atoms with Crippen LogP contribution in [-0.2, 0) is 14.4 Å². The van der Waals surface area contributed by atoms with Gasteiger partial charge in [-0.1, -0.05) is 13.8 Å². The van der Waals surface area contributed by atoms with Crippen LogP contribution in [0.1, 0.15) is 39.5 Å². The molecule has 0 radical (unpaired) electrons. The number of carboxylic acids is 1. The summed E-state index contributed by atoms with van der Waals surface area (Å²) in [6.07, 6.45) is 3.66. The molecule has 124 valence electrons. The van der Waals surface area contributed by atoms with E-state index in [1.54, 1.807) is 4.90 Å². The zero-order valence-electron chi connectivity index (χ0n) is 14.1. The average Bonchev–Trinajstić information content (AvgIpc) is 3.27. The molecule has 2 N–H and O–H groups in total. The number of amides is 2. The molecule has 7 nitrogen and oxygen atoms in total. The van der Waals surface area contributed by atoms with Crippen molar-refractivity contribution in [2.75, 3.05) is 13.1 Å². The molecule has 0 saturated carbocycles. The molecule has 0 aromatic carbocycles. The normalized spacial score (nSPS) is 24.6. The van der Waals surface area contributed by atoms with Crippen molar-refractivity contribution < 1.29 is 49.0 Å². The minimum atomic E-state index is -1.29. The fraction of sp³-hybridized carbons (Fsp3) is 0.800. The van der Waals surface area contributed by atoms with Crippen LogP contribution in [0.25, 0.3) is 0 Å². The number of rotatable bonds is 6. The second-order valence-corrected chi connectivity index (χ2v) is 6.52. The minimum Gasteiger partial charge on any atom is -0.548 e. The number of carbonyl (C=O) groups excluding carboxylic acids is 3. The van der Waals surface area contributed by atoms with Gasteiger partial charge in [-0.3, -0.25) is 14.9 Å². The average molecular weight is 333 g/mol. The summed E-state index contributed by atoms with van der Waals surface area (Å²) in [7, 11) is 0. The van der Waals surface area contributed by atoms with Crippen LogP contribution >= 0.6 is 0 Å². The zero-order chi connectivity index (χ0) is 16.3. The van der Waals surface area contributed by atoms with Crippen molar-refractivity contribution in [2.24, 2.45) is 5.92 Å². The Labute approximate surface area is 158 Å². The minimum absolute atomic E-state index is 0. The second-order valence-electron chi connectivity index (χ2n) is 6.52. The molecular weight excluding hydrogens is 309 g/mol. The molecule has 0 aromatic rings. The van der Waals surface area contributed by atoms with E-state index in [2.05, 4.69) is 10.6 Å². The SMILES string of the molecule is CC(C)C[C@H](NC(=O)[C@H]1N[C@@H]1C(=O)[O-])C(=O)N1CCCCC1.[Na+]. The van der Waals surface area contributed by atoms with Gasteiger partial charge in [-0.2, -0.15) is 0 Å². The van der Waals surface area contributed by atoms with Gasteiger partial charge < -0.3 is 20.1 Å². The Balaban J connectivity index is 0.00000264. The molecule has 2 heterocycles. The number of aliphatic carboxylic acids is 1. The van der Waals surface area contributed by atoms with Crippen LogP contribution in [0.3, 0.4) is 0 Å². The van der Waals surface area contributed by atoms with Crippen molar-refractivity contribution >= 4 is 17.8 Å². The Kier molecular flexibility index (Phi) is 8.00. The Morgan fingerprint density at radius 2 is 1.78 bits per heavy atom. The predicted octanol–water partition coefficient (Wildman–Crippen LogP) is -4.38. The topological polar surface area (TPSA) is 111 Å². The van der Waals surface area contributed by atoms with Gasteiger partial charge in [0.15, 0.2) is 0 Å². The molecule has 2 aliphatic rings. The molecular formula is C15H24N3NaO4. The van der Waals surface area contributed by atoms with E-state index in [9.17, 15) is 19.5 Å². The molecule has 2 aliphatic heterocycles. The summed E-state index contributed by atoms with van der Waals surface area (Å²) in [5.74, 6) is -1.54. The Morgan fingerprint density at radius 3 is 2.26 bits per heavy atom. The third-order valence-electron chi connectivity index (χ3n) is 4.11. The number of nitrogens with zero attached hydrogens (tertiary/aromatic N) is 1. The van der Waals surface area contributed by atoms with E-state index in [1.807, 2.05) is 13.8 Å². The monoisotopic (exact) mass is 333 g/mol. The van der Waals surface area contributed by atoms with Gasteiger partial charge in [0.2, 0.25) is 11.8 Å². The van der Waals surface area contributed by atoms with Gasteiger partial charge in [-0.05, 0) is 31.6 Å². The first-order valence-electron chi connectivity index (χ1n) is 7.96. The number of piperidine rings is 1. The smallest absolute Gasteiger partial charge is 0.548 e. The largest absolute Gasteiger partial charge is 1.00 e. The third kappa shape index (κ3) is 5.74. The van der Waals surface area contributed by atoms with E-state index in [0.29, 0.717) is 6.42 Å². The van der Waals surface area contributed by atoms with Crippen molar-refractivity contribution in [2.45, 2.75) is 57.7 Å². The summed E-state index contributed by atoms with van der Waals surface area (Å²) in [6, 6.07) is -2.31. The van der Waals surface area contributed by atoms with E-state index < -0.39 is 30.0 Å². The quantitative estimate of drug-likeness (QED) is 0.377. The van der Waals surface area contributed by atoms with Gasteiger partial charge in [-0.25, -0.2) is 0 Å². The van der Waals surface area contributed by atoms with Crippen LogP contribution in [0.2, 0.25) is 0 Å². The maximum absolute atomic E-state index is 12.6. The summed E-state index contributed by atoms with van der Waals surface area (Å²) in [5.41, 5.74) is 0. The Hall–Kier alpha value is -0.630. The number of likely N-dealkylation sites (tertiary alicyclic amines) is 1. The van der Waals surface area contributed by atoms with Crippen molar-refractivity contribution in [3.05, 3.63) is 0 Å². The summed E-state index contributed by atoms with van der Waals surface area (Å²) in [6.45, 7) is 5.43. The Morgan fingerprint density at radius 1 is 1.17 bits per heavy atom. The summed E-state index contributed by atoms with van der Waals surface area (Å²) < 4.78 is 0. The fourth-order valence-corrected chi connectivity index (χ4v) is 2.86. The van der Waals surface area contributed by atoms with E-state index in [0.717, 1.165) is 32.4 Å². The molecule has 0 spiro atoms. The standard InChI is InChI=1S/C15H25N3O4.Na/c1-9(2)8-10(14(20)18-6-4-3-5-7-18)16-13(19)11-12(17-11)15(21)22;/h9-12,17H,3-8H2,1-2H3,(H,16,19)(H,21,22);/q;+1/p-1/t10-,11-,12-;/m0./s1. The van der Waals surface area contributed by atoms with Crippen molar-refractivity contribution in [3.8, 4) is 0 Å². The number of carboxylic acid groups (broad SMARTS) is 1. The van der Waals surface area contributed by atoms with E-state index in [-0.39, 0.29) is 41.4 Å². The van der Waals surface area contributed by atoms with Gasteiger partial charge in [0.05, 0.1) is 12.0 Å². The molecule has 0 aromatic heterocycles. The number of carbonyl (C=O) groups is 3. The fourth-order valence-electron chi connectivity index (χ4n) is 2.86. The first kappa shape index (κ1) is 20.4. The summed E-state index contributed by atoms with van der Waals surface area (Å²) in [5, 5.41) is 15.9. The van der Waals surface area contributed by atoms with Gasteiger partial charge >= 0.3 is 29.6 Å². The van der Waals surface area contributed by atoms with E-state index in [4.69, 9.17) is 0 Å². The molecule has 2 saturated heterocycles. The molecule has 0 unspecified atom stereocenters. The molecule has 8 heteroatoms. The molecule has 2 rings (SSSR count). The van der Waals surface area contributed by atoms with E-state index >= 15 is 0 Å². The van der Waals surface area contributed by atoms with Crippen molar-refractivity contribution in [3.63, 3.8) is 0 Å². The van der Waals surface area contributed by atoms with Crippen LogP contribution < -0.4 is 45.3 Å². The third-order valence-corrected chi connectivity index (χ3v) is 4.11. The molecule has 23 heavy (non-hydrogen) atoms. The number of nitrogens with one attached hydrogen (secondary N) is 2. The first-order chi connectivity index (χ1) is 10.4. The van der Waals surface area contributed by atoms with Gasteiger partial charge in [0.25, 0.3) is 0 Å². The summed E-state index contributed by atoms with van der Waals surface area (Å²) in [4.78, 5) is 37.1. The molecule has 2 amide bonds. The number of hydrogen-bond donors (Lipinski definition) is 2. The first-order valence-corrected chi connectivity index (χ1v) is 7.96. The van der Waals surface area contributed by atoms with Gasteiger partial charge in [0, 0.05) is 13.1 Å². The maximum Gasteiger partial charge on any atom is 1.00 e.